The third-order valence-electron chi connectivity index (χ3n) is 7.37. The van der Waals surface area contributed by atoms with Gasteiger partial charge in [0.1, 0.15) is 11.3 Å². The molecule has 2 saturated heterocycles. The highest BCUT2D eigenvalue weighted by atomic mass is 16.5. The topological polar surface area (TPSA) is 99.8 Å². The van der Waals surface area contributed by atoms with E-state index in [0.717, 1.165) is 37.8 Å². The van der Waals surface area contributed by atoms with Crippen LogP contribution in [0.2, 0.25) is 0 Å². The van der Waals surface area contributed by atoms with E-state index in [9.17, 15) is 9.59 Å². The van der Waals surface area contributed by atoms with Gasteiger partial charge in [-0.05, 0) is 58.1 Å². The number of nitrogens with one attached hydrogen (secondary N) is 1. The molecule has 4 aliphatic rings. The molecule has 3 aromatic rings. The average Bonchev–Trinajstić information content (AvgIpc) is 3.33. The molecule has 1 atom stereocenters. The van der Waals surface area contributed by atoms with Crippen LogP contribution in [0.3, 0.4) is 0 Å². The molecule has 34 heavy (non-hydrogen) atoms. The van der Waals surface area contributed by atoms with Gasteiger partial charge >= 0.3 is 0 Å². The van der Waals surface area contributed by atoms with Crippen molar-refractivity contribution in [1.82, 2.24) is 18.9 Å². The lowest BCUT2D eigenvalue weighted by Gasteiger charge is -2.41. The summed E-state index contributed by atoms with van der Waals surface area (Å²) < 4.78 is 15.4. The Morgan fingerprint density at radius 3 is 2.79 bits per heavy atom. The number of amides is 1. The maximum Gasteiger partial charge on any atom is 0.274 e. The first-order chi connectivity index (χ1) is 16.3. The molecular weight excluding hydrogens is 434 g/mol. The molecule has 0 radical (unpaired) electrons. The first-order valence-corrected chi connectivity index (χ1v) is 12.0. The van der Waals surface area contributed by atoms with Crippen molar-refractivity contribution in [2.24, 2.45) is 0 Å². The number of ether oxygens (including phenoxy) is 2. The summed E-state index contributed by atoms with van der Waals surface area (Å²) in [5, 5.41) is 2.78. The Hall–Kier alpha value is -3.20. The minimum atomic E-state index is -0.438. The summed E-state index contributed by atoms with van der Waals surface area (Å²) >= 11 is 0. The van der Waals surface area contributed by atoms with Gasteiger partial charge in [-0.1, -0.05) is 6.92 Å². The molecule has 9 nitrogen and oxygen atoms in total. The van der Waals surface area contributed by atoms with Crippen molar-refractivity contribution in [2.75, 3.05) is 11.9 Å². The normalized spacial score (nSPS) is 26.3. The number of anilines is 1. The van der Waals surface area contributed by atoms with E-state index in [1.807, 2.05) is 20.0 Å². The summed E-state index contributed by atoms with van der Waals surface area (Å²) in [4.78, 5) is 35.5. The van der Waals surface area contributed by atoms with Gasteiger partial charge in [0.2, 0.25) is 11.7 Å². The number of fused-ring (bicyclic) bond motifs is 2. The molecule has 1 amide bonds. The Labute approximate surface area is 197 Å². The van der Waals surface area contributed by atoms with Gasteiger partial charge < -0.3 is 19.4 Å². The highest BCUT2D eigenvalue weighted by Crippen LogP contribution is 2.58. The Kier molecular flexibility index (Phi) is 4.64. The van der Waals surface area contributed by atoms with E-state index in [1.165, 1.54) is 0 Å². The first-order valence-electron chi connectivity index (χ1n) is 12.0. The number of carbonyl (C=O) groups is 1. The second kappa shape index (κ2) is 7.40. The number of aromatic nitrogens is 4. The van der Waals surface area contributed by atoms with Crippen LogP contribution in [0.5, 0.6) is 5.88 Å². The molecule has 4 fully saturated rings. The number of rotatable bonds is 7. The van der Waals surface area contributed by atoms with Gasteiger partial charge in [-0.25, -0.2) is 4.98 Å². The largest absolute Gasteiger partial charge is 0.474 e. The van der Waals surface area contributed by atoms with E-state index in [-0.39, 0.29) is 45.9 Å². The van der Waals surface area contributed by atoms with Crippen LogP contribution in [0.25, 0.3) is 5.78 Å². The second-order valence-corrected chi connectivity index (χ2v) is 10.3. The van der Waals surface area contributed by atoms with Crippen molar-refractivity contribution in [1.29, 1.82) is 0 Å². The number of carbonyl (C=O) groups excluding carboxylic acids is 1. The molecule has 3 aromatic heterocycles. The fourth-order valence-electron chi connectivity index (χ4n) is 5.27. The Morgan fingerprint density at radius 2 is 2.12 bits per heavy atom. The Morgan fingerprint density at radius 1 is 1.32 bits per heavy atom. The minimum Gasteiger partial charge on any atom is -0.474 e. The van der Waals surface area contributed by atoms with Crippen LogP contribution >= 0.6 is 0 Å². The molecule has 2 aliphatic heterocycles. The van der Waals surface area contributed by atoms with Crippen molar-refractivity contribution in [3.8, 4) is 5.88 Å². The van der Waals surface area contributed by atoms with Crippen molar-refractivity contribution in [2.45, 2.75) is 76.0 Å². The van der Waals surface area contributed by atoms with Crippen molar-refractivity contribution in [3.05, 3.63) is 52.3 Å². The Balaban J connectivity index is 1.36. The fraction of sp³-hybridized carbons (Fsp3) is 0.520. The van der Waals surface area contributed by atoms with Crippen molar-refractivity contribution < 1.29 is 14.3 Å². The lowest BCUT2D eigenvalue weighted by Crippen LogP contribution is -2.45. The number of hydrogen-bond donors (Lipinski definition) is 1. The van der Waals surface area contributed by atoms with E-state index >= 15 is 0 Å². The summed E-state index contributed by atoms with van der Waals surface area (Å²) in [7, 11) is 0. The third kappa shape index (κ3) is 3.41. The van der Waals surface area contributed by atoms with Gasteiger partial charge in [0.15, 0.2) is 0 Å². The number of nitrogens with zero attached hydrogens (tertiary/aromatic N) is 4. The molecule has 9 heteroatoms. The molecule has 2 bridgehead atoms. The van der Waals surface area contributed by atoms with E-state index in [1.54, 1.807) is 33.5 Å². The predicted molar refractivity (Wildman–Crippen MR) is 126 cm³/mol. The molecule has 7 rings (SSSR count). The molecule has 0 aromatic carbocycles. The lowest BCUT2D eigenvalue weighted by molar-refractivity contribution is 0.0154. The average molecular weight is 464 g/mol. The van der Waals surface area contributed by atoms with Crippen LogP contribution in [0.1, 0.15) is 75.0 Å². The maximum absolute atomic E-state index is 13.3. The number of imidazole rings is 1. The number of pyridine rings is 1. The summed E-state index contributed by atoms with van der Waals surface area (Å²) in [6.45, 7) is 6.72. The molecule has 0 spiro atoms. The first kappa shape index (κ1) is 21.3. The van der Waals surface area contributed by atoms with Crippen LogP contribution in [0.15, 0.2) is 35.5 Å². The molecular formula is C25H29N5O4. The highest BCUT2D eigenvalue weighted by molar-refractivity contribution is 6.05. The fourth-order valence-corrected chi connectivity index (χ4v) is 5.27. The van der Waals surface area contributed by atoms with E-state index in [4.69, 9.17) is 14.5 Å². The summed E-state index contributed by atoms with van der Waals surface area (Å²) in [5.74, 6) is 0.260. The van der Waals surface area contributed by atoms with Crippen LogP contribution in [-0.2, 0) is 10.2 Å². The smallest absolute Gasteiger partial charge is 0.274 e. The quantitative estimate of drug-likeness (QED) is 0.576. The van der Waals surface area contributed by atoms with E-state index < -0.39 is 5.91 Å². The lowest BCUT2D eigenvalue weighted by atomic mass is 9.62. The molecule has 0 unspecified atom stereocenters. The monoisotopic (exact) mass is 463 g/mol. The number of hydrogen-bond acceptors (Lipinski definition) is 6. The van der Waals surface area contributed by atoms with Gasteiger partial charge in [0.25, 0.3) is 11.5 Å². The highest BCUT2D eigenvalue weighted by Gasteiger charge is 2.61. The van der Waals surface area contributed by atoms with Gasteiger partial charge in [0.05, 0.1) is 24.0 Å². The minimum absolute atomic E-state index is 0.0534. The van der Waals surface area contributed by atoms with Crippen molar-refractivity contribution in [3.63, 3.8) is 0 Å². The van der Waals surface area contributed by atoms with Gasteiger partial charge in [-0.2, -0.15) is 4.98 Å². The second-order valence-electron chi connectivity index (χ2n) is 10.3. The molecule has 2 saturated carbocycles. The third-order valence-corrected chi connectivity index (χ3v) is 7.37. The molecule has 178 valence electrons. The van der Waals surface area contributed by atoms with Crippen LogP contribution in [0.4, 0.5) is 5.69 Å². The van der Waals surface area contributed by atoms with Crippen molar-refractivity contribution >= 4 is 17.4 Å². The zero-order valence-corrected chi connectivity index (χ0v) is 19.7. The molecule has 2 aliphatic carbocycles. The van der Waals surface area contributed by atoms with Gasteiger partial charge in [-0.3, -0.25) is 14.0 Å². The van der Waals surface area contributed by atoms with E-state index in [2.05, 4.69) is 17.2 Å². The summed E-state index contributed by atoms with van der Waals surface area (Å²) in [6.07, 6.45) is 9.88. The van der Waals surface area contributed by atoms with E-state index in [0.29, 0.717) is 12.4 Å². The summed E-state index contributed by atoms with van der Waals surface area (Å²) in [5.41, 5.74) is 1.10. The van der Waals surface area contributed by atoms with Crippen LogP contribution < -0.4 is 15.6 Å². The van der Waals surface area contributed by atoms with Crippen LogP contribution in [0, 0.1) is 0 Å². The maximum atomic E-state index is 13.3. The van der Waals surface area contributed by atoms with Gasteiger partial charge in [0, 0.05) is 30.0 Å². The summed E-state index contributed by atoms with van der Waals surface area (Å²) in [6, 6.07) is 3.64. The molecule has 1 N–H and O–H groups in total. The molecule has 5 heterocycles. The zero-order chi connectivity index (χ0) is 23.7. The standard InChI is InChI=1S/C25H29N5O4/c1-4-15(2)34-21-17(20(31)26-18-6-5-9-30(22(18)32)16-7-8-16)10-29-11-19(27-23(29)28-21)25-12-24(3,13-25)33-14-25/h5-6,9-11,15-16H,4,7-8,12-14H2,1-3H3,(H,26,31)/t15-,24?,25?/m0/s1. The van der Waals surface area contributed by atoms with Gasteiger partial charge in [-0.15, -0.1) is 0 Å². The Bertz CT molecular complexity index is 1350. The zero-order valence-electron chi connectivity index (χ0n) is 19.7. The predicted octanol–water partition coefficient (Wildman–Crippen LogP) is 3.48. The SMILES string of the molecule is CC[C@H](C)Oc1nc2nc(C34COC(C)(C3)C4)cn2cc1C(=O)Nc1cccn(C2CC2)c1=O. The van der Waals surface area contributed by atoms with Crippen LogP contribution in [-0.4, -0.2) is 43.2 Å².